The van der Waals surface area contributed by atoms with Gasteiger partial charge in [-0.25, -0.2) is 0 Å². The van der Waals surface area contributed by atoms with Crippen LogP contribution in [0.15, 0.2) is 48.5 Å². The molecule has 0 saturated heterocycles. The van der Waals surface area contributed by atoms with Crippen LogP contribution >= 0.6 is 22.7 Å². The van der Waals surface area contributed by atoms with E-state index in [2.05, 4.69) is 0 Å². The molecule has 0 radical (unpaired) electrons. The predicted molar refractivity (Wildman–Crippen MR) is 115 cm³/mol. The van der Waals surface area contributed by atoms with Gasteiger partial charge in [-0.05, 0) is 41.0 Å². The summed E-state index contributed by atoms with van der Waals surface area (Å²) < 4.78 is 92.0. The first-order valence-corrected chi connectivity index (χ1v) is 11.4. The minimum Gasteiger partial charge on any atom is -0.391 e. The lowest BCUT2D eigenvalue weighted by Gasteiger charge is -2.26. The molecule has 1 saturated carbocycles. The molecule has 9 heteroatoms. The summed E-state index contributed by atoms with van der Waals surface area (Å²) >= 11 is 2.06. The average Bonchev–Trinajstić information content (AvgIpc) is 3.30. The lowest BCUT2D eigenvalue weighted by Crippen LogP contribution is -2.48. The van der Waals surface area contributed by atoms with Gasteiger partial charge in [0.25, 0.3) is 0 Å². The Labute approximate surface area is 186 Å². The highest BCUT2D eigenvalue weighted by atomic mass is 32.1. The molecule has 2 aromatic heterocycles. The molecule has 32 heavy (non-hydrogen) atoms. The van der Waals surface area contributed by atoms with Gasteiger partial charge in [-0.3, -0.25) is 0 Å². The van der Waals surface area contributed by atoms with E-state index in [-0.39, 0.29) is 26.8 Å². The van der Waals surface area contributed by atoms with Gasteiger partial charge >= 0.3 is 17.8 Å². The molecule has 1 aliphatic rings. The SMILES string of the molecule is Cc1sc2ccccc2c1C1C(c2c(CO)sc3ccccc23)C(F)(F)C(F)(F)C1(F)F. The zero-order valence-corrected chi connectivity index (χ0v) is 18.1. The number of hydrogen-bond donors (Lipinski definition) is 1. The number of fused-ring (bicyclic) bond motifs is 2. The number of benzene rings is 2. The van der Waals surface area contributed by atoms with Crippen molar-refractivity contribution in [1.29, 1.82) is 0 Å². The van der Waals surface area contributed by atoms with Crippen molar-refractivity contribution in [2.24, 2.45) is 0 Å². The van der Waals surface area contributed by atoms with E-state index in [9.17, 15) is 13.9 Å². The van der Waals surface area contributed by atoms with Crippen molar-refractivity contribution in [3.8, 4) is 0 Å². The number of aliphatic hydroxyl groups excluding tert-OH is 1. The van der Waals surface area contributed by atoms with E-state index in [0.29, 0.717) is 14.3 Å². The molecule has 168 valence electrons. The summed E-state index contributed by atoms with van der Waals surface area (Å²) in [4.78, 5) is 0.283. The normalized spacial score (nSPS) is 23.9. The van der Waals surface area contributed by atoms with E-state index < -0.39 is 36.2 Å². The lowest BCUT2D eigenvalue weighted by atomic mass is 9.79. The highest BCUT2D eigenvalue weighted by Gasteiger charge is 2.85. The van der Waals surface area contributed by atoms with Gasteiger partial charge < -0.3 is 5.11 Å². The monoisotopic (exact) mass is 486 g/mol. The van der Waals surface area contributed by atoms with Crippen molar-refractivity contribution in [1.82, 2.24) is 0 Å². The summed E-state index contributed by atoms with van der Waals surface area (Å²) in [6, 6.07) is 12.6. The quantitative estimate of drug-likeness (QED) is 0.294. The zero-order valence-electron chi connectivity index (χ0n) is 16.5. The molecular formula is C23H16F6OS2. The van der Waals surface area contributed by atoms with Crippen molar-refractivity contribution < 1.29 is 31.4 Å². The van der Waals surface area contributed by atoms with E-state index in [0.717, 1.165) is 22.7 Å². The first-order chi connectivity index (χ1) is 15.0. The Balaban J connectivity index is 1.89. The van der Waals surface area contributed by atoms with Crippen LogP contribution in [0.4, 0.5) is 26.3 Å². The molecule has 0 aliphatic heterocycles. The van der Waals surface area contributed by atoms with Crippen LogP contribution in [-0.2, 0) is 6.61 Å². The minimum atomic E-state index is -5.57. The van der Waals surface area contributed by atoms with Crippen molar-refractivity contribution in [3.63, 3.8) is 0 Å². The average molecular weight is 487 g/mol. The lowest BCUT2D eigenvalue weighted by molar-refractivity contribution is -0.274. The molecule has 5 rings (SSSR count). The first kappa shape index (κ1) is 21.7. The van der Waals surface area contributed by atoms with Crippen LogP contribution in [0.25, 0.3) is 20.2 Å². The predicted octanol–water partition coefficient (Wildman–Crippen LogP) is 7.70. The molecular weight excluding hydrogens is 470 g/mol. The highest BCUT2D eigenvalue weighted by molar-refractivity contribution is 7.19. The molecule has 2 atom stereocenters. The van der Waals surface area contributed by atoms with Crippen LogP contribution in [0, 0.1) is 6.92 Å². The summed E-state index contributed by atoms with van der Waals surface area (Å²) in [6.07, 6.45) is 0. The van der Waals surface area contributed by atoms with Crippen LogP contribution in [0.1, 0.15) is 32.7 Å². The number of aryl methyl sites for hydroxylation is 1. The maximum absolute atomic E-state index is 15.4. The Morgan fingerprint density at radius 3 is 1.78 bits per heavy atom. The zero-order chi connectivity index (χ0) is 23.1. The fourth-order valence-corrected chi connectivity index (χ4v) is 7.10. The van der Waals surface area contributed by atoms with Crippen molar-refractivity contribution in [2.45, 2.75) is 43.1 Å². The van der Waals surface area contributed by atoms with Crippen molar-refractivity contribution >= 4 is 42.8 Å². The van der Waals surface area contributed by atoms with Crippen LogP contribution in [0.3, 0.4) is 0 Å². The number of thiophene rings is 2. The largest absolute Gasteiger partial charge is 0.391 e. The molecule has 0 amide bonds. The Kier molecular flexibility index (Phi) is 4.72. The van der Waals surface area contributed by atoms with Gasteiger partial charge in [-0.15, -0.1) is 22.7 Å². The fourth-order valence-electron chi connectivity index (χ4n) is 4.88. The van der Waals surface area contributed by atoms with Gasteiger partial charge in [-0.2, -0.15) is 26.3 Å². The summed E-state index contributed by atoms with van der Waals surface area (Å²) in [5, 5.41) is 10.3. The Morgan fingerprint density at radius 1 is 0.750 bits per heavy atom. The summed E-state index contributed by atoms with van der Waals surface area (Å²) in [5.74, 6) is -20.6. The third-order valence-electron chi connectivity index (χ3n) is 6.25. The molecule has 2 heterocycles. The van der Waals surface area contributed by atoms with E-state index in [4.69, 9.17) is 0 Å². The highest BCUT2D eigenvalue weighted by Crippen LogP contribution is 2.70. The topological polar surface area (TPSA) is 20.2 Å². The van der Waals surface area contributed by atoms with Crippen LogP contribution in [0.5, 0.6) is 0 Å². The molecule has 0 bridgehead atoms. The first-order valence-electron chi connectivity index (χ1n) is 9.76. The molecule has 1 nitrogen and oxygen atoms in total. The maximum atomic E-state index is 15.4. The molecule has 4 aromatic rings. The van der Waals surface area contributed by atoms with E-state index in [1.165, 1.54) is 25.1 Å². The number of alkyl halides is 6. The summed E-state index contributed by atoms with van der Waals surface area (Å²) in [7, 11) is 0. The second kappa shape index (κ2) is 6.95. The van der Waals surface area contributed by atoms with Crippen LogP contribution in [-0.4, -0.2) is 22.9 Å². The maximum Gasteiger partial charge on any atom is 0.373 e. The summed E-state index contributed by atoms with van der Waals surface area (Å²) in [6.45, 7) is 0.773. The molecule has 1 aliphatic carbocycles. The fraction of sp³-hybridized carbons (Fsp3) is 0.304. The van der Waals surface area contributed by atoms with Gasteiger partial charge in [0.05, 0.1) is 18.4 Å². The van der Waals surface area contributed by atoms with E-state index >= 15 is 17.6 Å². The van der Waals surface area contributed by atoms with Gasteiger partial charge in [-0.1, -0.05) is 36.4 Å². The molecule has 0 spiro atoms. The second-order valence-electron chi connectivity index (χ2n) is 7.94. The van der Waals surface area contributed by atoms with Gasteiger partial charge in [0.2, 0.25) is 0 Å². The van der Waals surface area contributed by atoms with E-state index in [1.807, 2.05) is 0 Å². The number of rotatable bonds is 3. The number of halogens is 6. The van der Waals surface area contributed by atoms with Crippen molar-refractivity contribution in [2.75, 3.05) is 0 Å². The number of hydrogen-bond acceptors (Lipinski definition) is 3. The third kappa shape index (κ3) is 2.61. The van der Waals surface area contributed by atoms with Crippen LogP contribution in [0.2, 0.25) is 0 Å². The molecule has 2 aromatic carbocycles. The van der Waals surface area contributed by atoms with Gasteiger partial charge in [0.15, 0.2) is 0 Å². The second-order valence-corrected chi connectivity index (χ2v) is 10.3. The molecule has 1 fully saturated rings. The Morgan fingerprint density at radius 2 is 1.22 bits per heavy atom. The molecule has 2 unspecified atom stereocenters. The van der Waals surface area contributed by atoms with Crippen LogP contribution < -0.4 is 0 Å². The standard InChI is InChI=1S/C23H16F6OS2/c1-11-17(12-6-2-4-8-14(12)31-11)19-20(22(26,27)23(28,29)21(19,24)25)18-13-7-3-5-9-15(13)32-16(18)10-30/h2-9,19-20,30H,10H2,1H3. The van der Waals surface area contributed by atoms with E-state index in [1.54, 1.807) is 30.3 Å². The molecule has 1 N–H and O–H groups in total. The minimum absolute atomic E-state index is 0.00781. The smallest absolute Gasteiger partial charge is 0.373 e. The Hall–Kier alpha value is -2.10. The third-order valence-corrected chi connectivity index (χ3v) is 8.52. The summed E-state index contributed by atoms with van der Waals surface area (Å²) in [5.41, 5.74) is -0.508. The number of aliphatic hydroxyl groups is 1. The Bertz CT molecular complexity index is 1340. The van der Waals surface area contributed by atoms with Gasteiger partial charge in [0, 0.05) is 19.2 Å². The van der Waals surface area contributed by atoms with Crippen molar-refractivity contribution in [3.05, 3.63) is 69.4 Å². The van der Waals surface area contributed by atoms with Gasteiger partial charge in [0.1, 0.15) is 0 Å².